The molecule has 0 spiro atoms. The first-order chi connectivity index (χ1) is 11.3. The Labute approximate surface area is 151 Å². The van der Waals surface area contributed by atoms with Gasteiger partial charge in [-0.05, 0) is 24.1 Å². The number of nitrogens with zero attached hydrogens (tertiary/aromatic N) is 1. The number of benzene rings is 1. The number of aromatic nitrogens is 1. The number of carboxylic acids is 1. The number of carbonyl (C=O) groups is 1. The molecule has 2 aromatic rings. The molecule has 0 amide bonds. The standard InChI is InChI=1S/C18H21Cl2NO3/c1-4-7-21-16-11(20)6-5-10(19)14(16)15-17(21)12(8-13(22)23)24-9-18(15,2)3/h5-6,12H,4,7-9H2,1-3H3,(H,22,23). The van der Waals surface area contributed by atoms with Crippen molar-refractivity contribution in [2.45, 2.75) is 51.7 Å². The van der Waals surface area contributed by atoms with Crippen molar-refractivity contribution < 1.29 is 14.6 Å². The van der Waals surface area contributed by atoms with Gasteiger partial charge in [0.25, 0.3) is 0 Å². The molecule has 0 fully saturated rings. The molecule has 1 aliphatic heterocycles. The topological polar surface area (TPSA) is 51.5 Å². The van der Waals surface area contributed by atoms with Gasteiger partial charge in [0.1, 0.15) is 6.10 Å². The van der Waals surface area contributed by atoms with E-state index in [-0.39, 0.29) is 11.8 Å². The second-order valence-electron chi connectivity index (χ2n) is 6.95. The Kier molecular flexibility index (Phi) is 4.58. The molecule has 3 rings (SSSR count). The summed E-state index contributed by atoms with van der Waals surface area (Å²) in [7, 11) is 0. The average Bonchev–Trinajstić information content (AvgIpc) is 2.84. The summed E-state index contributed by atoms with van der Waals surface area (Å²) in [5.74, 6) is -0.879. The van der Waals surface area contributed by atoms with Gasteiger partial charge in [0, 0.05) is 17.3 Å². The highest BCUT2D eigenvalue weighted by Crippen LogP contribution is 2.48. The Bertz CT molecular complexity index is 810. The summed E-state index contributed by atoms with van der Waals surface area (Å²) in [4.78, 5) is 11.3. The van der Waals surface area contributed by atoms with Crippen LogP contribution in [0.15, 0.2) is 12.1 Å². The maximum Gasteiger partial charge on any atom is 0.306 e. The number of fused-ring (bicyclic) bond motifs is 3. The quantitative estimate of drug-likeness (QED) is 0.807. The molecule has 0 saturated carbocycles. The van der Waals surface area contributed by atoms with Gasteiger partial charge in [0.15, 0.2) is 0 Å². The number of aliphatic carboxylic acids is 1. The largest absolute Gasteiger partial charge is 0.481 e. The Hall–Kier alpha value is -1.23. The van der Waals surface area contributed by atoms with E-state index in [1.165, 1.54) is 0 Å². The number of carboxylic acid groups (broad SMARTS) is 1. The first-order valence-corrected chi connectivity index (χ1v) is 8.87. The summed E-state index contributed by atoms with van der Waals surface area (Å²) in [6.07, 6.45) is 0.342. The van der Waals surface area contributed by atoms with Gasteiger partial charge in [-0.25, -0.2) is 0 Å². The molecule has 4 nitrogen and oxygen atoms in total. The third kappa shape index (κ3) is 2.71. The summed E-state index contributed by atoms with van der Waals surface area (Å²) in [6.45, 7) is 7.46. The molecule has 1 unspecified atom stereocenters. The molecule has 1 N–H and O–H groups in total. The van der Waals surface area contributed by atoms with Gasteiger partial charge in [0.05, 0.1) is 34.3 Å². The number of rotatable bonds is 4. The van der Waals surface area contributed by atoms with E-state index in [1.807, 2.05) is 0 Å². The zero-order valence-corrected chi connectivity index (χ0v) is 15.5. The van der Waals surface area contributed by atoms with Gasteiger partial charge >= 0.3 is 5.97 Å². The maximum absolute atomic E-state index is 11.3. The SMILES string of the molecule is CCCn1c2c(c3c(Cl)ccc(Cl)c31)C(C)(C)COC2CC(=O)O. The molecule has 0 saturated heterocycles. The summed E-state index contributed by atoms with van der Waals surface area (Å²) in [5, 5.41) is 11.5. The lowest BCUT2D eigenvalue weighted by Gasteiger charge is -2.36. The van der Waals surface area contributed by atoms with E-state index in [0.29, 0.717) is 16.7 Å². The van der Waals surface area contributed by atoms with E-state index >= 15 is 0 Å². The van der Waals surface area contributed by atoms with Crippen LogP contribution in [0.3, 0.4) is 0 Å². The van der Waals surface area contributed by atoms with Gasteiger partial charge in [-0.3, -0.25) is 4.79 Å². The van der Waals surface area contributed by atoms with Gasteiger partial charge in [-0.15, -0.1) is 0 Å². The predicted molar refractivity (Wildman–Crippen MR) is 96.2 cm³/mol. The van der Waals surface area contributed by atoms with Gasteiger partial charge < -0.3 is 14.4 Å². The van der Waals surface area contributed by atoms with Crippen LogP contribution in [0.1, 0.15) is 51.0 Å². The van der Waals surface area contributed by atoms with E-state index < -0.39 is 12.1 Å². The fraction of sp³-hybridized carbons (Fsp3) is 0.500. The van der Waals surface area contributed by atoms with Crippen LogP contribution in [0.25, 0.3) is 10.9 Å². The van der Waals surface area contributed by atoms with Crippen molar-refractivity contribution in [3.05, 3.63) is 33.4 Å². The molecular formula is C18H21Cl2NO3. The van der Waals surface area contributed by atoms with Gasteiger partial charge in [0.2, 0.25) is 0 Å². The smallest absolute Gasteiger partial charge is 0.306 e. The van der Waals surface area contributed by atoms with E-state index in [4.69, 9.17) is 27.9 Å². The van der Waals surface area contributed by atoms with Crippen molar-refractivity contribution in [2.75, 3.05) is 6.61 Å². The highest BCUT2D eigenvalue weighted by molar-refractivity contribution is 6.40. The Morgan fingerprint density at radius 3 is 2.67 bits per heavy atom. The van der Waals surface area contributed by atoms with Crippen molar-refractivity contribution in [1.29, 1.82) is 0 Å². The van der Waals surface area contributed by atoms with Crippen LogP contribution in [0.2, 0.25) is 10.0 Å². The van der Waals surface area contributed by atoms with Gasteiger partial charge in [-0.1, -0.05) is 44.0 Å². The zero-order valence-electron chi connectivity index (χ0n) is 14.0. The molecule has 1 aromatic carbocycles. The highest BCUT2D eigenvalue weighted by Gasteiger charge is 2.40. The van der Waals surface area contributed by atoms with Crippen LogP contribution in [0.4, 0.5) is 0 Å². The van der Waals surface area contributed by atoms with E-state index in [1.54, 1.807) is 12.1 Å². The minimum Gasteiger partial charge on any atom is -0.481 e. The number of halogens is 2. The molecule has 1 aliphatic rings. The molecule has 1 aromatic heterocycles. The number of ether oxygens (including phenoxy) is 1. The Morgan fingerprint density at radius 1 is 1.38 bits per heavy atom. The van der Waals surface area contributed by atoms with Crippen LogP contribution >= 0.6 is 23.2 Å². The molecule has 0 bridgehead atoms. The van der Waals surface area contributed by atoms with Crippen molar-refractivity contribution in [2.24, 2.45) is 0 Å². The molecule has 6 heteroatoms. The van der Waals surface area contributed by atoms with Gasteiger partial charge in [-0.2, -0.15) is 0 Å². The Balaban J connectivity index is 2.41. The van der Waals surface area contributed by atoms with Crippen molar-refractivity contribution >= 4 is 40.1 Å². The van der Waals surface area contributed by atoms with E-state index in [9.17, 15) is 9.90 Å². The monoisotopic (exact) mass is 369 g/mol. The number of hydrogen-bond donors (Lipinski definition) is 1. The third-order valence-corrected chi connectivity index (χ3v) is 5.20. The van der Waals surface area contributed by atoms with E-state index in [0.717, 1.165) is 35.1 Å². The first kappa shape index (κ1) is 17.6. The van der Waals surface area contributed by atoms with Crippen molar-refractivity contribution in [1.82, 2.24) is 4.57 Å². The molecule has 1 atom stereocenters. The minimum atomic E-state index is -0.879. The fourth-order valence-electron chi connectivity index (χ4n) is 3.68. The minimum absolute atomic E-state index is 0.0711. The first-order valence-electron chi connectivity index (χ1n) is 8.12. The fourth-order valence-corrected chi connectivity index (χ4v) is 4.18. The number of hydrogen-bond acceptors (Lipinski definition) is 2. The van der Waals surface area contributed by atoms with Crippen molar-refractivity contribution in [3.8, 4) is 0 Å². The summed E-state index contributed by atoms with van der Waals surface area (Å²) < 4.78 is 8.04. The lowest BCUT2D eigenvalue weighted by atomic mass is 9.80. The second kappa shape index (κ2) is 6.25. The normalized spacial score (nSPS) is 19.5. The second-order valence-corrected chi connectivity index (χ2v) is 7.76. The molecule has 24 heavy (non-hydrogen) atoms. The van der Waals surface area contributed by atoms with Crippen LogP contribution in [-0.4, -0.2) is 22.2 Å². The van der Waals surface area contributed by atoms with Crippen LogP contribution < -0.4 is 0 Å². The molecule has 0 aliphatic carbocycles. The summed E-state index contributed by atoms with van der Waals surface area (Å²) in [5.41, 5.74) is 2.58. The summed E-state index contributed by atoms with van der Waals surface area (Å²) >= 11 is 13.0. The Morgan fingerprint density at radius 2 is 2.04 bits per heavy atom. The molecule has 130 valence electrons. The molecule has 2 heterocycles. The number of aryl methyl sites for hydroxylation is 1. The van der Waals surface area contributed by atoms with Crippen LogP contribution in [0, 0.1) is 0 Å². The lowest BCUT2D eigenvalue weighted by Crippen LogP contribution is -2.34. The maximum atomic E-state index is 11.3. The highest BCUT2D eigenvalue weighted by atomic mass is 35.5. The summed E-state index contributed by atoms with van der Waals surface area (Å²) in [6, 6.07) is 3.60. The van der Waals surface area contributed by atoms with Crippen molar-refractivity contribution in [3.63, 3.8) is 0 Å². The molecule has 0 radical (unpaired) electrons. The lowest BCUT2D eigenvalue weighted by molar-refractivity contribution is -0.141. The van der Waals surface area contributed by atoms with E-state index in [2.05, 4.69) is 25.3 Å². The van der Waals surface area contributed by atoms with Crippen LogP contribution in [0.5, 0.6) is 0 Å². The third-order valence-electron chi connectivity index (χ3n) is 4.58. The van der Waals surface area contributed by atoms with Crippen LogP contribution in [-0.2, 0) is 21.5 Å². The zero-order chi connectivity index (χ0) is 17.6. The predicted octanol–water partition coefficient (Wildman–Crippen LogP) is 5.18. The molecular weight excluding hydrogens is 349 g/mol. The average molecular weight is 370 g/mol.